The normalized spacial score (nSPS) is 17.9. The minimum absolute atomic E-state index is 0.246. The first-order valence-corrected chi connectivity index (χ1v) is 7.52. The van der Waals surface area contributed by atoms with Crippen LogP contribution in [0.15, 0.2) is 42.5 Å². The maximum atomic E-state index is 6.07. The van der Waals surface area contributed by atoms with Crippen molar-refractivity contribution in [1.29, 1.82) is 0 Å². The van der Waals surface area contributed by atoms with E-state index in [0.29, 0.717) is 0 Å². The predicted octanol–water partition coefficient (Wildman–Crippen LogP) is 3.61. The number of benzene rings is 2. The van der Waals surface area contributed by atoms with Gasteiger partial charge in [0.1, 0.15) is 5.82 Å². The monoisotopic (exact) mass is 297 g/mol. The van der Waals surface area contributed by atoms with Crippen molar-refractivity contribution in [2.45, 2.75) is 19.0 Å². The molecule has 4 heteroatoms. The summed E-state index contributed by atoms with van der Waals surface area (Å²) in [5.41, 5.74) is 4.87. The maximum absolute atomic E-state index is 6.07. The standard InChI is InChI=1S/C17H16ClN3/c1-21-16-7-6-13(18)9-14(16)20-17(21)15-8-11-4-2-3-5-12(11)10-19-15/h2-7,9,15,19H,8,10H2,1H3. The highest BCUT2D eigenvalue weighted by Crippen LogP contribution is 2.28. The quantitative estimate of drug-likeness (QED) is 0.743. The van der Waals surface area contributed by atoms with Crippen molar-refractivity contribution in [1.82, 2.24) is 14.9 Å². The van der Waals surface area contributed by atoms with Gasteiger partial charge in [0.05, 0.1) is 17.1 Å². The SMILES string of the molecule is Cn1c(C2Cc3ccccc3CN2)nc2cc(Cl)ccc21. The van der Waals surface area contributed by atoms with E-state index in [2.05, 4.69) is 41.2 Å². The van der Waals surface area contributed by atoms with Gasteiger partial charge in [0.2, 0.25) is 0 Å². The van der Waals surface area contributed by atoms with Crippen molar-refractivity contribution >= 4 is 22.6 Å². The number of hydrogen-bond donors (Lipinski definition) is 1. The molecule has 0 fully saturated rings. The number of nitrogens with zero attached hydrogens (tertiary/aromatic N) is 2. The van der Waals surface area contributed by atoms with Crippen molar-refractivity contribution in [3.8, 4) is 0 Å². The van der Waals surface area contributed by atoms with Gasteiger partial charge in [-0.3, -0.25) is 0 Å². The Labute approximate surface area is 128 Å². The highest BCUT2D eigenvalue weighted by Gasteiger charge is 2.23. The summed E-state index contributed by atoms with van der Waals surface area (Å²) in [5, 5.41) is 4.32. The highest BCUT2D eigenvalue weighted by atomic mass is 35.5. The zero-order valence-electron chi connectivity index (χ0n) is 11.8. The van der Waals surface area contributed by atoms with Crippen LogP contribution in [0, 0.1) is 0 Å². The molecule has 1 unspecified atom stereocenters. The fraction of sp³-hybridized carbons (Fsp3) is 0.235. The molecule has 0 spiro atoms. The Morgan fingerprint density at radius 1 is 1.19 bits per heavy atom. The Balaban J connectivity index is 1.76. The Hall–Kier alpha value is -1.84. The highest BCUT2D eigenvalue weighted by molar-refractivity contribution is 6.31. The lowest BCUT2D eigenvalue weighted by atomic mass is 9.95. The van der Waals surface area contributed by atoms with Gasteiger partial charge in [-0.05, 0) is 35.7 Å². The topological polar surface area (TPSA) is 29.9 Å². The number of imidazole rings is 1. The third kappa shape index (κ3) is 2.13. The molecule has 0 saturated carbocycles. The summed E-state index contributed by atoms with van der Waals surface area (Å²) < 4.78 is 2.16. The molecule has 0 aliphatic carbocycles. The summed E-state index contributed by atoms with van der Waals surface area (Å²) in [6.07, 6.45) is 0.973. The average Bonchev–Trinajstić information content (AvgIpc) is 2.83. The molecule has 1 N–H and O–H groups in total. The molecule has 21 heavy (non-hydrogen) atoms. The maximum Gasteiger partial charge on any atom is 0.127 e. The van der Waals surface area contributed by atoms with Gasteiger partial charge < -0.3 is 9.88 Å². The predicted molar refractivity (Wildman–Crippen MR) is 85.5 cm³/mol. The summed E-state index contributed by atoms with van der Waals surface area (Å²) in [4.78, 5) is 4.79. The number of rotatable bonds is 1. The fourth-order valence-corrected chi connectivity index (χ4v) is 3.31. The molecule has 1 atom stereocenters. The summed E-state index contributed by atoms with van der Waals surface area (Å²) in [5.74, 6) is 1.07. The van der Waals surface area contributed by atoms with E-state index in [1.807, 2.05) is 18.2 Å². The van der Waals surface area contributed by atoms with Crippen molar-refractivity contribution in [3.05, 3.63) is 64.4 Å². The van der Waals surface area contributed by atoms with Crippen molar-refractivity contribution in [2.75, 3.05) is 0 Å². The van der Waals surface area contributed by atoms with Gasteiger partial charge in [-0.1, -0.05) is 35.9 Å². The molecule has 0 amide bonds. The molecule has 1 aliphatic rings. The minimum atomic E-state index is 0.246. The van der Waals surface area contributed by atoms with Crippen LogP contribution in [-0.4, -0.2) is 9.55 Å². The Morgan fingerprint density at radius 3 is 2.86 bits per heavy atom. The fourth-order valence-electron chi connectivity index (χ4n) is 3.14. The van der Waals surface area contributed by atoms with Crippen molar-refractivity contribution in [2.24, 2.45) is 7.05 Å². The van der Waals surface area contributed by atoms with Crippen molar-refractivity contribution in [3.63, 3.8) is 0 Å². The second kappa shape index (κ2) is 4.86. The molecule has 0 bridgehead atoms. The number of aryl methyl sites for hydroxylation is 1. The average molecular weight is 298 g/mol. The summed E-state index contributed by atoms with van der Waals surface area (Å²) in [7, 11) is 2.07. The van der Waals surface area contributed by atoms with E-state index < -0.39 is 0 Å². The van der Waals surface area contributed by atoms with Gasteiger partial charge in [0.15, 0.2) is 0 Å². The first-order valence-electron chi connectivity index (χ1n) is 7.14. The molecule has 1 aromatic heterocycles. The third-order valence-electron chi connectivity index (χ3n) is 4.27. The molecule has 3 aromatic rings. The molecule has 106 valence electrons. The van der Waals surface area contributed by atoms with Gasteiger partial charge in [0.25, 0.3) is 0 Å². The Kier molecular flexibility index (Phi) is 2.98. The molecule has 2 heterocycles. The molecule has 0 radical (unpaired) electrons. The van der Waals surface area contributed by atoms with Gasteiger partial charge >= 0.3 is 0 Å². The summed E-state index contributed by atoms with van der Waals surface area (Å²) in [6.45, 7) is 0.894. The lowest BCUT2D eigenvalue weighted by Crippen LogP contribution is -2.30. The first kappa shape index (κ1) is 12.9. The first-order chi connectivity index (χ1) is 10.2. The number of hydrogen-bond acceptors (Lipinski definition) is 2. The minimum Gasteiger partial charge on any atom is -0.330 e. The van der Waals surface area contributed by atoms with E-state index in [1.165, 1.54) is 11.1 Å². The Morgan fingerprint density at radius 2 is 2.00 bits per heavy atom. The second-order valence-corrected chi connectivity index (χ2v) is 6.00. The van der Waals surface area contributed by atoms with Crippen LogP contribution in [0.25, 0.3) is 11.0 Å². The number of aromatic nitrogens is 2. The zero-order chi connectivity index (χ0) is 14.4. The number of fused-ring (bicyclic) bond motifs is 2. The van der Waals surface area contributed by atoms with E-state index in [0.717, 1.165) is 34.8 Å². The van der Waals surface area contributed by atoms with Crippen LogP contribution in [0.4, 0.5) is 0 Å². The van der Waals surface area contributed by atoms with Crippen LogP contribution < -0.4 is 5.32 Å². The van der Waals surface area contributed by atoms with Crippen molar-refractivity contribution < 1.29 is 0 Å². The smallest absolute Gasteiger partial charge is 0.127 e. The largest absolute Gasteiger partial charge is 0.330 e. The van der Waals surface area contributed by atoms with Crippen LogP contribution in [0.1, 0.15) is 23.0 Å². The van der Waals surface area contributed by atoms with Crippen LogP contribution in [0.5, 0.6) is 0 Å². The lowest BCUT2D eigenvalue weighted by Gasteiger charge is -2.25. The molecular formula is C17H16ClN3. The van der Waals surface area contributed by atoms with E-state index in [1.54, 1.807) is 0 Å². The Bertz CT molecular complexity index is 822. The molecule has 4 rings (SSSR count). The van der Waals surface area contributed by atoms with Crippen LogP contribution >= 0.6 is 11.6 Å². The molecule has 1 aliphatic heterocycles. The molecule has 2 aromatic carbocycles. The third-order valence-corrected chi connectivity index (χ3v) is 4.51. The van der Waals surface area contributed by atoms with Crippen LogP contribution in [0.3, 0.4) is 0 Å². The zero-order valence-corrected chi connectivity index (χ0v) is 12.6. The van der Waals surface area contributed by atoms with E-state index >= 15 is 0 Å². The number of halogens is 1. The van der Waals surface area contributed by atoms with E-state index in [-0.39, 0.29) is 6.04 Å². The van der Waals surface area contributed by atoms with Gasteiger partial charge in [-0.2, -0.15) is 0 Å². The molecule has 3 nitrogen and oxygen atoms in total. The van der Waals surface area contributed by atoms with Gasteiger partial charge in [-0.15, -0.1) is 0 Å². The lowest BCUT2D eigenvalue weighted by molar-refractivity contribution is 0.467. The van der Waals surface area contributed by atoms with E-state index in [9.17, 15) is 0 Å². The van der Waals surface area contributed by atoms with Crippen LogP contribution in [-0.2, 0) is 20.0 Å². The van der Waals surface area contributed by atoms with Gasteiger partial charge in [0, 0.05) is 18.6 Å². The summed E-state index contributed by atoms with van der Waals surface area (Å²) in [6, 6.07) is 14.7. The molecule has 0 saturated heterocycles. The second-order valence-electron chi connectivity index (χ2n) is 5.57. The summed E-state index contributed by atoms with van der Waals surface area (Å²) >= 11 is 6.07. The molecular weight excluding hydrogens is 282 g/mol. The van der Waals surface area contributed by atoms with Crippen LogP contribution in [0.2, 0.25) is 5.02 Å². The van der Waals surface area contributed by atoms with E-state index in [4.69, 9.17) is 16.6 Å². The number of nitrogens with one attached hydrogen (secondary N) is 1. The van der Waals surface area contributed by atoms with Gasteiger partial charge in [-0.25, -0.2) is 4.98 Å².